The lowest BCUT2D eigenvalue weighted by molar-refractivity contribution is -0.162. The van der Waals surface area contributed by atoms with E-state index in [2.05, 4.69) is 321 Å². The Morgan fingerprint density at radius 3 is 0.775 bits per heavy atom. The van der Waals surface area contributed by atoms with E-state index >= 15 is 0 Å². The number of esters is 2. The minimum Gasteiger partial charge on any atom is -0.469 e. The molecule has 0 atom stereocenters. The van der Waals surface area contributed by atoms with E-state index in [0.717, 1.165) is 60.7 Å². The monoisotopic (exact) mass is 1840 g/mol. The van der Waals surface area contributed by atoms with Crippen LogP contribution in [0.1, 0.15) is 186 Å². The van der Waals surface area contributed by atoms with Gasteiger partial charge in [-0.15, -0.1) is 0 Å². The summed E-state index contributed by atoms with van der Waals surface area (Å²) in [6.45, 7) is 20.6. The number of aliphatic hydroxyl groups is 1. The number of nitrogens with zero attached hydrogens (tertiary/aromatic N) is 2. The number of unbranched alkanes of at least 4 members (excludes halogenated alkanes) is 2. The van der Waals surface area contributed by atoms with Gasteiger partial charge in [0.05, 0.1) is 41.3 Å². The summed E-state index contributed by atoms with van der Waals surface area (Å²) in [6.07, 6.45) is 27.0. The lowest BCUT2D eigenvalue weighted by Crippen LogP contribution is -2.66. The number of hydroxylamine groups is 4. The van der Waals surface area contributed by atoms with E-state index in [1.807, 2.05) is 72.5 Å². The highest BCUT2D eigenvalue weighted by Crippen LogP contribution is 2.44. The highest BCUT2D eigenvalue weighted by Gasteiger charge is 2.52. The Hall–Kier alpha value is -10.1. The van der Waals surface area contributed by atoms with Crippen LogP contribution < -0.4 is 47.0 Å². The zero-order valence-electron chi connectivity index (χ0n) is 74.0. The molecule has 0 unspecified atom stereocenters. The van der Waals surface area contributed by atoms with Gasteiger partial charge in [-0.25, -0.2) is 10.1 Å². The van der Waals surface area contributed by atoms with Crippen LogP contribution >= 0.6 is 6.89 Å². The minimum absolute atomic E-state index is 0. The number of hydrogen-bond donors (Lipinski definition) is 1. The van der Waals surface area contributed by atoms with Crippen molar-refractivity contribution in [2.24, 2.45) is 0 Å². The van der Waals surface area contributed by atoms with Crippen LogP contribution in [0.3, 0.4) is 0 Å². The van der Waals surface area contributed by atoms with Crippen molar-refractivity contribution in [1.82, 2.24) is 10.1 Å². The van der Waals surface area contributed by atoms with Crippen LogP contribution in [-0.4, -0.2) is 145 Å². The molecule has 0 aromatic heterocycles. The number of carbonyl (C=O) groups is 5. The van der Waals surface area contributed by atoms with Gasteiger partial charge in [-0.1, -0.05) is 449 Å². The topological polar surface area (TPSA) is 177 Å². The van der Waals surface area contributed by atoms with Gasteiger partial charge >= 0.3 is 11.9 Å². The Morgan fingerprint density at radius 1 is 0.318 bits per heavy atom. The van der Waals surface area contributed by atoms with Crippen molar-refractivity contribution >= 4 is 115 Å². The number of benzene rings is 9. The number of aliphatic hydroxyl groups excluding tert-OH is 1. The third-order valence-corrected chi connectivity index (χ3v) is 39.3. The van der Waals surface area contributed by atoms with Crippen molar-refractivity contribution in [3.8, 4) is 0 Å². The second-order valence-corrected chi connectivity index (χ2v) is 47.6. The first-order valence-electron chi connectivity index (χ1n) is 41.5. The standard InChI is InChI=1S/C27H37NO3Si.C23H30O2Si.C22H22NO2P.C22H30O2Si.C8H12O4.8CH4/c1-27(2,3)32(24-18-12-10-13-19-24,25-20-14-11-15-21-25)31-23-17-9-7-6-8-16-22-26(29)28(4)30-5;1-23(2,3)26(21-15-9-7-10-16-21,22-17-11-8-12-18-22)25-20-14-6-4-5-13-19-24;1-23(25-2)22(24)18-26(19-12-6-3-7-13-19,20-14-8-4-9-15-20)21-16-10-5-11-17-21;1-22(2,3)25(20-14-8-6-9-15-20,21-16-10-7-11-17-21)24-19-13-5-4-12-18-23;1-11-7(9)5-3-4-6-8(10)12-2;;;;;;;;/h7,9-16,18-22H,6,8,17,23H2,1-5H3;4,6-12,15-19H,5,13-14,20H2,1-3H3;3-18H,1-2H3;4-11,14-17,23H,12-13,18-19H2,1-3H3;3-4H,5-6H2,1-2H3;8*1H4/b9-7+,22-16+;6-4+;;5-4+;4-3+;;;;;;;;. The molecule has 9 aromatic rings. The number of aldehydes is 1. The van der Waals surface area contributed by atoms with Gasteiger partial charge in [0.25, 0.3) is 36.8 Å². The number of ether oxygens (including phenoxy) is 2. The van der Waals surface area contributed by atoms with E-state index in [-0.39, 0.29) is 118 Å². The number of likely N-dealkylation sites (N-methyl/N-ethyl adjacent to an activating group) is 1. The Kier molecular flexibility index (Phi) is 65.2. The summed E-state index contributed by atoms with van der Waals surface area (Å²) in [4.78, 5) is 66.0. The molecule has 0 saturated carbocycles. The molecule has 2 amide bonds. The maximum atomic E-state index is 12.9. The molecule has 1 N–H and O–H groups in total. The lowest BCUT2D eigenvalue weighted by atomic mass is 10.2. The number of allylic oxidation sites excluding steroid dienone is 3. The van der Waals surface area contributed by atoms with Crippen LogP contribution in [0, 0.1) is 0 Å². The fraction of sp³-hybridized carbons (Fsp3) is 0.364. The fourth-order valence-corrected chi connectivity index (χ4v) is 31.7. The van der Waals surface area contributed by atoms with E-state index in [1.165, 1.54) is 69.7 Å². The first-order chi connectivity index (χ1) is 58.3. The summed E-state index contributed by atoms with van der Waals surface area (Å²) in [6, 6.07) is 95.0. The van der Waals surface area contributed by atoms with Gasteiger partial charge in [-0.2, -0.15) is 0 Å². The molecule has 129 heavy (non-hydrogen) atoms. The SMILES string of the molecule is C.C.C.C.C.C.C.C.CC(C)(C)[Si](OCC/C=C/CCC=O)(c1ccccc1)c1ccccc1.CC(C)(C)[Si](OCC/C=C/CCO)(c1ccccc1)c1ccccc1.COC(=O)C/C=C/CC(=O)OC.CON(C)C(=O)/C=C/CC/C=C/CCO[Si](c1ccccc1)(c1ccccc1)C(C)(C)C.CON(C)C(=O)C=P(c1ccccc1)(c1ccccc1)c1ccccc1. The normalized spacial score (nSPS) is 11.2. The van der Waals surface area contributed by atoms with Gasteiger partial charge in [-0.05, 0) is 114 Å². The molecule has 0 heterocycles. The molecule has 0 aliphatic rings. The molecule has 0 aliphatic carbocycles. The van der Waals surface area contributed by atoms with Gasteiger partial charge in [0, 0.05) is 58.8 Å². The first-order valence-corrected chi connectivity index (χ1v) is 49.1. The molecule has 0 aliphatic heterocycles. The fourth-order valence-electron chi connectivity index (χ4n) is 14.2. The summed E-state index contributed by atoms with van der Waals surface area (Å²) in [5.41, 5.74) is 0. The molecule has 0 saturated heterocycles. The van der Waals surface area contributed by atoms with E-state index in [1.54, 1.807) is 32.3 Å². The zero-order chi connectivity index (χ0) is 88.3. The molecule has 0 radical (unpaired) electrons. The summed E-state index contributed by atoms with van der Waals surface area (Å²) in [5, 5.41) is 22.6. The Morgan fingerprint density at radius 2 is 0.543 bits per heavy atom. The molecular weight excluding hydrogens is 1670 g/mol. The summed E-state index contributed by atoms with van der Waals surface area (Å²) >= 11 is 0. The largest absolute Gasteiger partial charge is 0.469 e. The second kappa shape index (κ2) is 67.2. The maximum absolute atomic E-state index is 12.9. The van der Waals surface area contributed by atoms with Crippen LogP contribution in [0.2, 0.25) is 15.1 Å². The molecule has 19 heteroatoms. The van der Waals surface area contributed by atoms with Crippen molar-refractivity contribution in [1.29, 1.82) is 0 Å². The zero-order valence-corrected chi connectivity index (χ0v) is 77.9. The average molecular weight is 1840 g/mol. The van der Waals surface area contributed by atoms with Crippen molar-refractivity contribution in [3.63, 3.8) is 0 Å². The molecule has 15 nitrogen and oxygen atoms in total. The molecule has 0 fully saturated rings. The van der Waals surface area contributed by atoms with Crippen LogP contribution in [0.25, 0.3) is 0 Å². The number of amides is 2. The number of methoxy groups -OCH3 is 2. The van der Waals surface area contributed by atoms with Crippen LogP contribution in [0.15, 0.2) is 334 Å². The number of carbonyl (C=O) groups excluding carboxylic acids is 5. The second-order valence-electron chi connectivity index (χ2n) is 31.5. The van der Waals surface area contributed by atoms with Crippen molar-refractivity contribution < 1.29 is 61.5 Å². The van der Waals surface area contributed by atoms with Crippen LogP contribution in [0.5, 0.6) is 0 Å². The van der Waals surface area contributed by atoms with E-state index in [0.29, 0.717) is 32.7 Å². The summed E-state index contributed by atoms with van der Waals surface area (Å²) in [7, 11) is 1.56. The molecule has 708 valence electrons. The van der Waals surface area contributed by atoms with Gasteiger partial charge in [0.1, 0.15) is 6.29 Å². The lowest BCUT2D eigenvalue weighted by Gasteiger charge is -2.43. The molecule has 0 bridgehead atoms. The van der Waals surface area contributed by atoms with Crippen LogP contribution in [-0.2, 0) is 56.4 Å². The first kappa shape index (κ1) is 125. The number of hydrogen-bond acceptors (Lipinski definition) is 13. The Bertz CT molecular complexity index is 4380. The molecule has 9 rings (SSSR count). The molecule has 0 spiro atoms. The van der Waals surface area contributed by atoms with Crippen molar-refractivity contribution in [2.75, 3.05) is 69.0 Å². The molecule has 9 aromatic carbocycles. The molecular formula is C110H163N2O13PSi3. The Labute approximate surface area is 785 Å². The highest BCUT2D eigenvalue weighted by atomic mass is 31.2. The third kappa shape index (κ3) is 38.5. The van der Waals surface area contributed by atoms with Gasteiger partial charge in [0.2, 0.25) is 0 Å². The maximum Gasteiger partial charge on any atom is 0.309 e. The predicted octanol–water partition coefficient (Wildman–Crippen LogP) is 21.8. The van der Waals surface area contributed by atoms with E-state index in [9.17, 15) is 24.0 Å². The Balaban J connectivity index is -0.000000761. The summed E-state index contributed by atoms with van der Waals surface area (Å²) < 4.78 is 29.2. The van der Waals surface area contributed by atoms with Gasteiger partial charge in [-0.3, -0.25) is 28.9 Å². The van der Waals surface area contributed by atoms with E-state index < -0.39 is 31.8 Å². The smallest absolute Gasteiger partial charge is 0.309 e. The minimum atomic E-state index is -2.46. The quantitative estimate of drug-likeness (QED) is 0.00569. The van der Waals surface area contributed by atoms with Gasteiger partial charge in [0.15, 0.2) is 0 Å². The number of rotatable bonds is 37. The van der Waals surface area contributed by atoms with E-state index in [4.69, 9.17) is 28.1 Å². The highest BCUT2D eigenvalue weighted by molar-refractivity contribution is 7.95. The van der Waals surface area contributed by atoms with Crippen molar-refractivity contribution in [3.05, 3.63) is 334 Å². The average Bonchev–Trinajstić information content (AvgIpc) is 0.834. The third-order valence-electron chi connectivity index (χ3n) is 20.2. The van der Waals surface area contributed by atoms with Crippen LogP contribution in [0.4, 0.5) is 0 Å². The van der Waals surface area contributed by atoms with Gasteiger partial charge < -0.3 is 32.7 Å². The predicted molar refractivity (Wildman–Crippen MR) is 564 cm³/mol. The summed E-state index contributed by atoms with van der Waals surface area (Å²) in [5.74, 6) is 0.885. The van der Waals surface area contributed by atoms with Crippen molar-refractivity contribution in [2.45, 2.75) is 201 Å².